The molecule has 2 aliphatic rings. The van der Waals surface area contributed by atoms with Crippen LogP contribution in [0.2, 0.25) is 0 Å². The molecule has 372 valence electrons. The summed E-state index contributed by atoms with van der Waals surface area (Å²) in [5, 5.41) is 0. The Labute approximate surface area is 405 Å². The normalized spacial score (nSPS) is 18.0. The van der Waals surface area contributed by atoms with Crippen molar-refractivity contribution in [2.45, 2.75) is 123 Å². The van der Waals surface area contributed by atoms with Gasteiger partial charge in [0.15, 0.2) is 21.4 Å². The van der Waals surface area contributed by atoms with Crippen LogP contribution in [0.1, 0.15) is 103 Å². The highest BCUT2D eigenvalue weighted by Gasteiger charge is 2.44. The highest BCUT2D eigenvalue weighted by molar-refractivity contribution is 7.91. The second-order valence-electron chi connectivity index (χ2n) is 19.7. The Hall–Kier alpha value is -4.92. The predicted molar refractivity (Wildman–Crippen MR) is 264 cm³/mol. The number of carbonyl (C=O) groups excluding carboxylic acids is 5. The lowest BCUT2D eigenvalue weighted by atomic mass is 9.83. The first-order valence-electron chi connectivity index (χ1n) is 24.3. The van der Waals surface area contributed by atoms with Gasteiger partial charge < -0.3 is 28.9 Å². The number of benzene rings is 3. The molecule has 0 spiro atoms. The van der Waals surface area contributed by atoms with Crippen molar-refractivity contribution in [1.82, 2.24) is 14.7 Å². The summed E-state index contributed by atoms with van der Waals surface area (Å²) in [6, 6.07) is 23.1. The van der Waals surface area contributed by atoms with Gasteiger partial charge in [0.2, 0.25) is 11.8 Å². The summed E-state index contributed by atoms with van der Waals surface area (Å²) in [6.45, 7) is 13.8. The molecule has 1 fully saturated rings. The number of Topliss-reactive ketones (excluding diaryl/α,β-unsaturated/α-hetero) is 2. The van der Waals surface area contributed by atoms with Crippen LogP contribution in [-0.2, 0) is 49.0 Å². The summed E-state index contributed by atoms with van der Waals surface area (Å²) in [5.41, 5.74) is 5.00. The van der Waals surface area contributed by atoms with E-state index < -0.39 is 69.6 Å². The second kappa shape index (κ2) is 24.1. The molecule has 13 nitrogen and oxygen atoms in total. The predicted octanol–water partition coefficient (Wildman–Crippen LogP) is 8.23. The fourth-order valence-corrected chi connectivity index (χ4v) is 12.1. The fraction of sp³-hybridized carbons (Fsp3) is 0.574. The van der Waals surface area contributed by atoms with E-state index in [2.05, 4.69) is 24.3 Å². The average molecular weight is 958 g/mol. The van der Waals surface area contributed by atoms with E-state index >= 15 is 0 Å². The maximum atomic E-state index is 14.7. The SMILES string of the molecule is CC[C@H](C)[C@@H]([C@@H](CC(=O)N1CCC[C@H]1[C@H](OC)[C@@H](C)C(=O)CS(=O)(=O)Cc1ccccc1)OC)N(C)C(=O)[C@@H](CC(=O)[C@H](C(C)C)N(C)C(=O)OCC1c2ccccc2-c2ccccc21)C(C)C. The van der Waals surface area contributed by atoms with Gasteiger partial charge in [0.25, 0.3) is 0 Å². The number of nitrogens with zero attached hydrogens (tertiary/aromatic N) is 3. The second-order valence-corrected chi connectivity index (χ2v) is 21.8. The first kappa shape index (κ1) is 54.0. The molecule has 1 heterocycles. The first-order valence-corrected chi connectivity index (χ1v) is 26.1. The first-order chi connectivity index (χ1) is 32.3. The zero-order valence-electron chi connectivity index (χ0n) is 42.1. The van der Waals surface area contributed by atoms with Gasteiger partial charge in [-0.25, -0.2) is 13.2 Å². The van der Waals surface area contributed by atoms with Crippen LogP contribution in [-0.4, -0.2) is 130 Å². The zero-order valence-corrected chi connectivity index (χ0v) is 42.9. The van der Waals surface area contributed by atoms with Crippen LogP contribution in [0.5, 0.6) is 0 Å². The van der Waals surface area contributed by atoms with Crippen molar-refractivity contribution in [3.8, 4) is 11.1 Å². The molecule has 5 rings (SSSR count). The minimum absolute atomic E-state index is 0.0600. The van der Waals surface area contributed by atoms with Crippen LogP contribution in [0.4, 0.5) is 4.79 Å². The third-order valence-electron chi connectivity index (χ3n) is 14.5. The van der Waals surface area contributed by atoms with Crippen LogP contribution in [0.25, 0.3) is 11.1 Å². The van der Waals surface area contributed by atoms with E-state index in [4.69, 9.17) is 14.2 Å². The molecule has 3 aromatic carbocycles. The standard InChI is InChI=1S/C54H75N3O10S/c1-12-36(6)51(48(65-10)30-49(60)57-28-20-27-45(57)52(66-11)37(7)47(59)33-68(63,64)32-38-21-14-13-15-22-38)55(8)53(61)43(34(2)3)29-46(58)50(35(4)5)56(9)54(62)67-31-44-41-25-18-16-23-39(41)40-24-17-19-26-42(40)44/h13-19,21-26,34-37,43-45,48,50-52H,12,20,27-33H2,1-11H3/t36-,37-,43-,45-,48+,50-,51-,52+/m0/s1. The van der Waals surface area contributed by atoms with E-state index in [0.717, 1.165) is 22.3 Å². The van der Waals surface area contributed by atoms with E-state index in [1.165, 1.54) is 19.1 Å². The van der Waals surface area contributed by atoms with E-state index in [0.29, 0.717) is 31.4 Å². The number of hydrogen-bond donors (Lipinski definition) is 0. The Bertz CT molecular complexity index is 2270. The van der Waals surface area contributed by atoms with Crippen LogP contribution in [0.15, 0.2) is 78.9 Å². The average Bonchev–Trinajstić information content (AvgIpc) is 3.92. The molecule has 14 heteroatoms. The summed E-state index contributed by atoms with van der Waals surface area (Å²) >= 11 is 0. The number of carbonyl (C=O) groups is 5. The van der Waals surface area contributed by atoms with Crippen LogP contribution < -0.4 is 0 Å². The molecule has 1 saturated heterocycles. The zero-order chi connectivity index (χ0) is 50.0. The monoisotopic (exact) mass is 958 g/mol. The summed E-state index contributed by atoms with van der Waals surface area (Å²) in [5.74, 6) is -4.38. The molecule has 0 saturated carbocycles. The van der Waals surface area contributed by atoms with Gasteiger partial charge in [-0.1, -0.05) is 134 Å². The summed E-state index contributed by atoms with van der Waals surface area (Å²) < 4.78 is 44.1. The Balaban J connectivity index is 1.26. The van der Waals surface area contributed by atoms with Gasteiger partial charge in [0, 0.05) is 59.0 Å². The van der Waals surface area contributed by atoms with Gasteiger partial charge in [-0.2, -0.15) is 0 Å². The number of likely N-dealkylation sites (N-methyl/N-ethyl adjacent to an activating group) is 2. The van der Waals surface area contributed by atoms with Crippen molar-refractivity contribution in [3.05, 3.63) is 95.6 Å². The number of rotatable bonds is 24. The molecule has 3 amide bonds. The van der Waals surface area contributed by atoms with E-state index in [1.54, 1.807) is 61.2 Å². The molecule has 0 aromatic heterocycles. The molecule has 68 heavy (non-hydrogen) atoms. The van der Waals surface area contributed by atoms with Crippen molar-refractivity contribution in [2.24, 2.45) is 29.6 Å². The summed E-state index contributed by atoms with van der Waals surface area (Å²) in [6.07, 6.45) is -0.318. The molecular formula is C54H75N3O10S. The molecule has 0 radical (unpaired) electrons. The number of amides is 3. The van der Waals surface area contributed by atoms with Gasteiger partial charge in [-0.05, 0) is 58.4 Å². The maximum Gasteiger partial charge on any atom is 0.410 e. The fourth-order valence-electron chi connectivity index (χ4n) is 10.6. The molecule has 8 atom stereocenters. The Morgan fingerprint density at radius 2 is 1.34 bits per heavy atom. The Kier molecular flexibility index (Phi) is 19.1. The van der Waals surface area contributed by atoms with Crippen molar-refractivity contribution in [2.75, 3.05) is 47.2 Å². The van der Waals surface area contributed by atoms with Gasteiger partial charge >= 0.3 is 6.09 Å². The van der Waals surface area contributed by atoms with Crippen LogP contribution in [0.3, 0.4) is 0 Å². The quantitative estimate of drug-likeness (QED) is 0.0857. The molecule has 1 aliphatic heterocycles. The molecule has 3 aromatic rings. The lowest BCUT2D eigenvalue weighted by Crippen LogP contribution is -2.54. The van der Waals surface area contributed by atoms with Gasteiger partial charge in [0.1, 0.15) is 12.4 Å². The minimum atomic E-state index is -3.76. The molecular weight excluding hydrogens is 883 g/mol. The Morgan fingerprint density at radius 3 is 1.88 bits per heavy atom. The van der Waals surface area contributed by atoms with Crippen molar-refractivity contribution >= 4 is 39.3 Å². The summed E-state index contributed by atoms with van der Waals surface area (Å²) in [7, 11) is 2.53. The number of likely N-dealkylation sites (tertiary alicyclic amines) is 1. The summed E-state index contributed by atoms with van der Waals surface area (Å²) in [4.78, 5) is 75.5. The lowest BCUT2D eigenvalue weighted by molar-refractivity contribution is -0.149. The molecule has 1 aliphatic carbocycles. The van der Waals surface area contributed by atoms with Crippen molar-refractivity contribution in [3.63, 3.8) is 0 Å². The highest BCUT2D eigenvalue weighted by Crippen LogP contribution is 2.44. The number of ether oxygens (including phenoxy) is 3. The lowest BCUT2D eigenvalue weighted by Gasteiger charge is -2.41. The third kappa shape index (κ3) is 12.6. The minimum Gasteiger partial charge on any atom is -0.448 e. The van der Waals surface area contributed by atoms with E-state index in [-0.39, 0.29) is 66.5 Å². The van der Waals surface area contributed by atoms with E-state index in [1.807, 2.05) is 65.8 Å². The van der Waals surface area contributed by atoms with Gasteiger partial charge in [0.05, 0.1) is 42.5 Å². The molecule has 0 bridgehead atoms. The Morgan fingerprint density at radius 1 is 0.750 bits per heavy atom. The highest BCUT2D eigenvalue weighted by atomic mass is 32.2. The van der Waals surface area contributed by atoms with Gasteiger partial charge in [-0.15, -0.1) is 0 Å². The number of fused-ring (bicyclic) bond motifs is 3. The maximum absolute atomic E-state index is 14.7. The smallest absolute Gasteiger partial charge is 0.410 e. The van der Waals surface area contributed by atoms with E-state index in [9.17, 15) is 32.4 Å². The van der Waals surface area contributed by atoms with Gasteiger partial charge in [-0.3, -0.25) is 19.2 Å². The van der Waals surface area contributed by atoms with Crippen molar-refractivity contribution in [1.29, 1.82) is 0 Å². The van der Waals surface area contributed by atoms with Crippen molar-refractivity contribution < 1.29 is 46.6 Å². The number of sulfone groups is 1. The largest absolute Gasteiger partial charge is 0.448 e. The topological polar surface area (TPSA) is 157 Å². The molecule has 0 unspecified atom stereocenters. The number of hydrogen-bond acceptors (Lipinski definition) is 10. The third-order valence-corrected chi connectivity index (χ3v) is 16.0. The number of ketones is 2. The number of methoxy groups -OCH3 is 2. The molecule has 0 N–H and O–H groups in total. The van der Waals surface area contributed by atoms with Crippen LogP contribution >= 0.6 is 0 Å². The van der Waals surface area contributed by atoms with Crippen LogP contribution in [0, 0.1) is 29.6 Å².